The Labute approximate surface area is 112 Å². The van der Waals surface area contributed by atoms with E-state index in [-0.39, 0.29) is 0 Å². The number of benzene rings is 2. The highest BCUT2D eigenvalue weighted by Gasteiger charge is 2.00. The third-order valence-electron chi connectivity index (χ3n) is 2.74. The predicted molar refractivity (Wildman–Crippen MR) is 74.7 cm³/mol. The number of halogens is 1. The van der Waals surface area contributed by atoms with E-state index in [4.69, 9.17) is 16.9 Å². The molecule has 90 valence electrons. The fourth-order valence-corrected chi connectivity index (χ4v) is 1.90. The van der Waals surface area contributed by atoms with Crippen molar-refractivity contribution in [2.24, 2.45) is 0 Å². The van der Waals surface area contributed by atoms with E-state index in [9.17, 15) is 0 Å². The smallest absolute Gasteiger partial charge is 0.0991 e. The molecule has 0 saturated carbocycles. The van der Waals surface area contributed by atoms with Gasteiger partial charge in [0.1, 0.15) is 0 Å². The van der Waals surface area contributed by atoms with Crippen molar-refractivity contribution in [1.82, 2.24) is 0 Å². The van der Waals surface area contributed by atoms with Crippen LogP contribution >= 0.6 is 11.6 Å². The van der Waals surface area contributed by atoms with Crippen molar-refractivity contribution in [2.75, 3.05) is 5.32 Å². The molecule has 0 fully saturated rings. The summed E-state index contributed by atoms with van der Waals surface area (Å²) in [6.07, 6.45) is 0. The van der Waals surface area contributed by atoms with Gasteiger partial charge < -0.3 is 5.32 Å². The van der Waals surface area contributed by atoms with Gasteiger partial charge >= 0.3 is 0 Å². The third-order valence-corrected chi connectivity index (χ3v) is 2.97. The van der Waals surface area contributed by atoms with Crippen molar-refractivity contribution in [3.8, 4) is 6.07 Å². The summed E-state index contributed by atoms with van der Waals surface area (Å²) in [5.41, 5.74) is 3.92. The Morgan fingerprint density at radius 1 is 1.22 bits per heavy atom. The SMILES string of the molecule is Cc1ccc(Cl)cc1NCc1cccc(C#N)c1. The second-order valence-corrected chi connectivity index (χ2v) is 4.56. The summed E-state index contributed by atoms with van der Waals surface area (Å²) in [6, 6.07) is 15.5. The Kier molecular flexibility index (Phi) is 3.86. The Morgan fingerprint density at radius 2 is 2.06 bits per heavy atom. The van der Waals surface area contributed by atoms with Crippen molar-refractivity contribution >= 4 is 17.3 Å². The largest absolute Gasteiger partial charge is 0.381 e. The fraction of sp³-hybridized carbons (Fsp3) is 0.133. The molecule has 0 bridgehead atoms. The van der Waals surface area contributed by atoms with E-state index >= 15 is 0 Å². The van der Waals surface area contributed by atoms with Crippen LogP contribution in [0.25, 0.3) is 0 Å². The van der Waals surface area contributed by atoms with E-state index in [2.05, 4.69) is 11.4 Å². The van der Waals surface area contributed by atoms with Crippen molar-refractivity contribution < 1.29 is 0 Å². The van der Waals surface area contributed by atoms with E-state index in [1.54, 1.807) is 6.07 Å². The van der Waals surface area contributed by atoms with E-state index < -0.39 is 0 Å². The maximum atomic E-state index is 8.84. The Hall–Kier alpha value is -1.98. The van der Waals surface area contributed by atoms with Crippen LogP contribution in [0, 0.1) is 18.3 Å². The average molecular weight is 257 g/mol. The second-order valence-electron chi connectivity index (χ2n) is 4.12. The highest BCUT2D eigenvalue weighted by atomic mass is 35.5. The summed E-state index contributed by atoms with van der Waals surface area (Å²) in [7, 11) is 0. The van der Waals surface area contributed by atoms with E-state index in [1.165, 1.54) is 0 Å². The van der Waals surface area contributed by atoms with Crippen LogP contribution < -0.4 is 5.32 Å². The quantitative estimate of drug-likeness (QED) is 0.896. The first-order chi connectivity index (χ1) is 8.69. The molecule has 0 aliphatic heterocycles. The molecule has 0 heterocycles. The van der Waals surface area contributed by atoms with Crippen molar-refractivity contribution in [2.45, 2.75) is 13.5 Å². The van der Waals surface area contributed by atoms with Gasteiger partial charge in [0.05, 0.1) is 11.6 Å². The monoisotopic (exact) mass is 256 g/mol. The number of hydrogen-bond acceptors (Lipinski definition) is 2. The van der Waals surface area contributed by atoms with Crippen molar-refractivity contribution in [1.29, 1.82) is 5.26 Å². The number of rotatable bonds is 3. The first-order valence-corrected chi connectivity index (χ1v) is 6.06. The molecule has 18 heavy (non-hydrogen) atoms. The molecule has 2 aromatic carbocycles. The van der Waals surface area contributed by atoms with Crippen LogP contribution in [0.15, 0.2) is 42.5 Å². The maximum Gasteiger partial charge on any atom is 0.0991 e. The van der Waals surface area contributed by atoms with E-state index in [0.717, 1.165) is 16.8 Å². The van der Waals surface area contributed by atoms with Gasteiger partial charge in [-0.2, -0.15) is 5.26 Å². The van der Waals surface area contributed by atoms with Gasteiger partial charge in [-0.3, -0.25) is 0 Å². The van der Waals surface area contributed by atoms with Gasteiger partial charge in [0.15, 0.2) is 0 Å². The molecular formula is C15H13ClN2. The van der Waals surface area contributed by atoms with Gasteiger partial charge in [0.2, 0.25) is 0 Å². The topological polar surface area (TPSA) is 35.8 Å². The van der Waals surface area contributed by atoms with Gasteiger partial charge in [-0.05, 0) is 42.3 Å². The number of nitrogens with zero attached hydrogens (tertiary/aromatic N) is 1. The molecule has 2 nitrogen and oxygen atoms in total. The minimum atomic E-state index is 0.677. The summed E-state index contributed by atoms with van der Waals surface area (Å²) in [6.45, 7) is 2.71. The number of anilines is 1. The summed E-state index contributed by atoms with van der Waals surface area (Å²) in [5, 5.41) is 12.9. The van der Waals surface area contributed by atoms with Crippen LogP contribution in [0.1, 0.15) is 16.7 Å². The Morgan fingerprint density at radius 3 is 2.83 bits per heavy atom. The summed E-state index contributed by atoms with van der Waals surface area (Å²) in [5.74, 6) is 0. The molecule has 0 spiro atoms. The lowest BCUT2D eigenvalue weighted by Crippen LogP contribution is -2.01. The molecule has 0 aromatic heterocycles. The van der Waals surface area contributed by atoms with Crippen molar-refractivity contribution in [3.63, 3.8) is 0 Å². The Balaban J connectivity index is 2.11. The van der Waals surface area contributed by atoms with Gasteiger partial charge in [-0.1, -0.05) is 29.8 Å². The van der Waals surface area contributed by atoms with Crippen LogP contribution in [0.4, 0.5) is 5.69 Å². The first-order valence-electron chi connectivity index (χ1n) is 5.68. The fourth-order valence-electron chi connectivity index (χ4n) is 1.73. The average Bonchev–Trinajstić information content (AvgIpc) is 2.40. The highest BCUT2D eigenvalue weighted by Crippen LogP contribution is 2.20. The molecule has 2 rings (SSSR count). The highest BCUT2D eigenvalue weighted by molar-refractivity contribution is 6.30. The van der Waals surface area contributed by atoms with Gasteiger partial charge in [-0.25, -0.2) is 0 Å². The normalized spacial score (nSPS) is 9.83. The lowest BCUT2D eigenvalue weighted by molar-refractivity contribution is 1.14. The minimum absolute atomic E-state index is 0.677. The molecule has 0 amide bonds. The second kappa shape index (κ2) is 5.57. The van der Waals surface area contributed by atoms with Gasteiger partial charge in [-0.15, -0.1) is 0 Å². The molecule has 2 aromatic rings. The molecule has 0 unspecified atom stereocenters. The molecule has 1 N–H and O–H groups in total. The first kappa shape index (κ1) is 12.5. The number of nitrogens with one attached hydrogen (secondary N) is 1. The number of hydrogen-bond donors (Lipinski definition) is 1. The van der Waals surface area contributed by atoms with Crippen LogP contribution in [-0.4, -0.2) is 0 Å². The number of aryl methyl sites for hydroxylation is 1. The van der Waals surface area contributed by atoms with Crippen LogP contribution in [0.3, 0.4) is 0 Å². The molecule has 0 radical (unpaired) electrons. The van der Waals surface area contributed by atoms with E-state index in [0.29, 0.717) is 17.1 Å². The molecule has 0 atom stereocenters. The molecule has 0 aliphatic rings. The predicted octanol–water partition coefficient (Wildman–Crippen LogP) is 4.13. The zero-order chi connectivity index (χ0) is 13.0. The zero-order valence-electron chi connectivity index (χ0n) is 10.1. The maximum absolute atomic E-state index is 8.84. The molecular weight excluding hydrogens is 244 g/mol. The lowest BCUT2D eigenvalue weighted by atomic mass is 10.1. The summed E-state index contributed by atoms with van der Waals surface area (Å²) in [4.78, 5) is 0. The number of nitriles is 1. The minimum Gasteiger partial charge on any atom is -0.381 e. The molecule has 3 heteroatoms. The zero-order valence-corrected chi connectivity index (χ0v) is 10.8. The molecule has 0 aliphatic carbocycles. The van der Waals surface area contributed by atoms with Gasteiger partial charge in [0.25, 0.3) is 0 Å². The standard InChI is InChI=1S/C15H13ClN2/c1-11-5-6-14(16)8-15(11)18-10-13-4-2-3-12(7-13)9-17/h2-8,18H,10H2,1H3. The van der Waals surface area contributed by atoms with Crippen LogP contribution in [0.5, 0.6) is 0 Å². The van der Waals surface area contributed by atoms with E-state index in [1.807, 2.05) is 43.3 Å². The van der Waals surface area contributed by atoms with Crippen LogP contribution in [0.2, 0.25) is 5.02 Å². The summed E-state index contributed by atoms with van der Waals surface area (Å²) >= 11 is 5.96. The summed E-state index contributed by atoms with van der Waals surface area (Å²) < 4.78 is 0. The Bertz CT molecular complexity index is 600. The van der Waals surface area contributed by atoms with Gasteiger partial charge in [0, 0.05) is 17.3 Å². The van der Waals surface area contributed by atoms with Crippen LogP contribution in [-0.2, 0) is 6.54 Å². The van der Waals surface area contributed by atoms with Crippen molar-refractivity contribution in [3.05, 3.63) is 64.2 Å². The lowest BCUT2D eigenvalue weighted by Gasteiger charge is -2.10. The third kappa shape index (κ3) is 3.03. The molecule has 0 saturated heterocycles.